The highest BCUT2D eigenvalue weighted by molar-refractivity contribution is 9.10. The number of benzene rings is 2. The molecular weight excluding hydrogens is 348 g/mol. The summed E-state index contributed by atoms with van der Waals surface area (Å²) >= 11 is 9.38. The summed E-state index contributed by atoms with van der Waals surface area (Å²) in [5.41, 5.74) is 4.37. The number of aryl methyl sites for hydroxylation is 1. The maximum absolute atomic E-state index is 5.93. The molecule has 0 radical (unpaired) electrons. The van der Waals surface area contributed by atoms with Gasteiger partial charge in [0.15, 0.2) is 0 Å². The maximum Gasteiger partial charge on any atom is 0.111 e. The summed E-state index contributed by atoms with van der Waals surface area (Å²) in [6.45, 7) is 2.04. The molecule has 0 spiro atoms. The fourth-order valence-electron chi connectivity index (χ4n) is 2.29. The molecule has 0 amide bonds. The molecule has 21 heavy (non-hydrogen) atoms. The molecule has 1 N–H and O–H groups in total. The number of halogens is 2. The molecule has 0 fully saturated rings. The second-order valence-electron chi connectivity index (χ2n) is 4.97. The number of nitrogens with zero attached hydrogens (tertiary/aromatic N) is 1. The quantitative estimate of drug-likeness (QED) is 0.665. The summed E-state index contributed by atoms with van der Waals surface area (Å²) < 4.78 is 1.09. The normalized spacial score (nSPS) is 10.8. The van der Waals surface area contributed by atoms with Gasteiger partial charge in [0.25, 0.3) is 0 Å². The Kier molecular flexibility index (Phi) is 4.13. The molecule has 0 bridgehead atoms. The third-order valence-corrected chi connectivity index (χ3v) is 4.12. The highest BCUT2D eigenvalue weighted by atomic mass is 79.9. The average Bonchev–Trinajstić information content (AvgIpc) is 2.83. The average molecular weight is 362 g/mol. The van der Waals surface area contributed by atoms with Crippen molar-refractivity contribution in [1.29, 1.82) is 0 Å². The number of nitrogens with one attached hydrogen (secondary N) is 1. The van der Waals surface area contributed by atoms with Crippen LogP contribution in [0.4, 0.5) is 0 Å². The van der Waals surface area contributed by atoms with Crippen LogP contribution >= 0.6 is 27.5 Å². The van der Waals surface area contributed by atoms with Gasteiger partial charge in [-0.05, 0) is 36.8 Å². The number of aromatic nitrogens is 2. The first kappa shape index (κ1) is 14.4. The minimum absolute atomic E-state index is 0.738. The lowest BCUT2D eigenvalue weighted by Crippen LogP contribution is -1.90. The molecule has 0 saturated carbocycles. The predicted octanol–water partition coefficient (Wildman–Crippen LogP) is 5.39. The van der Waals surface area contributed by atoms with Crippen molar-refractivity contribution >= 4 is 27.5 Å². The first-order chi connectivity index (χ1) is 10.1. The van der Waals surface area contributed by atoms with E-state index in [4.69, 9.17) is 16.6 Å². The molecule has 106 valence electrons. The molecule has 2 nitrogen and oxygen atoms in total. The molecule has 4 heteroatoms. The van der Waals surface area contributed by atoms with E-state index >= 15 is 0 Å². The van der Waals surface area contributed by atoms with Crippen molar-refractivity contribution in [2.24, 2.45) is 0 Å². The molecule has 1 heterocycles. The molecule has 2 aromatic carbocycles. The SMILES string of the molecule is Cc1[nH]c(Cc2ccc(Br)cc2)nc1-c1ccc(Cl)cc1. The van der Waals surface area contributed by atoms with Gasteiger partial charge < -0.3 is 4.98 Å². The van der Waals surface area contributed by atoms with Crippen LogP contribution in [0.15, 0.2) is 53.0 Å². The minimum Gasteiger partial charge on any atom is -0.345 e. The van der Waals surface area contributed by atoms with Crippen LogP contribution in [0.2, 0.25) is 5.02 Å². The number of rotatable bonds is 3. The Labute approximate surface area is 137 Å². The van der Waals surface area contributed by atoms with E-state index in [0.717, 1.165) is 38.7 Å². The van der Waals surface area contributed by atoms with Gasteiger partial charge in [0, 0.05) is 27.2 Å². The van der Waals surface area contributed by atoms with Crippen LogP contribution in [0.1, 0.15) is 17.1 Å². The number of imidazole rings is 1. The topological polar surface area (TPSA) is 28.7 Å². The van der Waals surface area contributed by atoms with E-state index in [1.54, 1.807) is 0 Å². The number of aromatic amines is 1. The van der Waals surface area contributed by atoms with Gasteiger partial charge >= 0.3 is 0 Å². The monoisotopic (exact) mass is 360 g/mol. The standard InChI is InChI=1S/C17H14BrClN2/c1-11-17(13-4-8-15(19)9-5-13)21-16(20-11)10-12-2-6-14(18)7-3-12/h2-9H,10H2,1H3,(H,20,21). The molecule has 3 aromatic rings. The van der Waals surface area contributed by atoms with Crippen LogP contribution in [0, 0.1) is 6.92 Å². The van der Waals surface area contributed by atoms with Gasteiger partial charge in [0.2, 0.25) is 0 Å². The van der Waals surface area contributed by atoms with E-state index < -0.39 is 0 Å². The summed E-state index contributed by atoms with van der Waals surface area (Å²) in [7, 11) is 0. The van der Waals surface area contributed by atoms with Gasteiger partial charge in [-0.2, -0.15) is 0 Å². The van der Waals surface area contributed by atoms with E-state index in [2.05, 4.69) is 33.0 Å². The van der Waals surface area contributed by atoms with Crippen molar-refractivity contribution in [2.45, 2.75) is 13.3 Å². The molecule has 0 aliphatic rings. The van der Waals surface area contributed by atoms with Gasteiger partial charge in [-0.25, -0.2) is 4.98 Å². The second kappa shape index (κ2) is 6.04. The van der Waals surface area contributed by atoms with Gasteiger partial charge in [-0.3, -0.25) is 0 Å². The molecule has 3 rings (SSSR count). The highest BCUT2D eigenvalue weighted by Gasteiger charge is 2.09. The number of H-pyrrole nitrogens is 1. The number of hydrogen-bond donors (Lipinski definition) is 1. The van der Waals surface area contributed by atoms with E-state index in [9.17, 15) is 0 Å². The van der Waals surface area contributed by atoms with Crippen molar-refractivity contribution in [3.05, 3.63) is 75.1 Å². The lowest BCUT2D eigenvalue weighted by molar-refractivity contribution is 1.02. The molecule has 0 aliphatic heterocycles. The van der Waals surface area contributed by atoms with E-state index in [-0.39, 0.29) is 0 Å². The molecule has 0 saturated heterocycles. The van der Waals surface area contributed by atoms with E-state index in [1.165, 1.54) is 5.56 Å². The first-order valence-corrected chi connectivity index (χ1v) is 7.85. The molecule has 0 atom stereocenters. The zero-order valence-corrected chi connectivity index (χ0v) is 13.9. The number of hydrogen-bond acceptors (Lipinski definition) is 1. The van der Waals surface area contributed by atoms with Gasteiger partial charge in [-0.15, -0.1) is 0 Å². The third-order valence-electron chi connectivity index (χ3n) is 3.34. The fraction of sp³-hybridized carbons (Fsp3) is 0.118. The second-order valence-corrected chi connectivity index (χ2v) is 6.32. The highest BCUT2D eigenvalue weighted by Crippen LogP contribution is 2.24. The Morgan fingerprint density at radius 3 is 2.38 bits per heavy atom. The van der Waals surface area contributed by atoms with Gasteiger partial charge in [0.1, 0.15) is 5.82 Å². The predicted molar refractivity (Wildman–Crippen MR) is 90.7 cm³/mol. The largest absolute Gasteiger partial charge is 0.345 e. The van der Waals surface area contributed by atoms with E-state index in [1.807, 2.05) is 43.3 Å². The smallest absolute Gasteiger partial charge is 0.111 e. The summed E-state index contributed by atoms with van der Waals surface area (Å²) in [5.74, 6) is 0.972. The Hall–Kier alpha value is -1.58. The Morgan fingerprint density at radius 1 is 1.05 bits per heavy atom. The van der Waals surface area contributed by atoms with Crippen molar-refractivity contribution in [2.75, 3.05) is 0 Å². The molecule has 0 unspecified atom stereocenters. The van der Waals surface area contributed by atoms with Crippen molar-refractivity contribution in [1.82, 2.24) is 9.97 Å². The van der Waals surface area contributed by atoms with Crippen molar-refractivity contribution < 1.29 is 0 Å². The Bertz CT molecular complexity index is 745. The van der Waals surface area contributed by atoms with Gasteiger partial charge in [-0.1, -0.05) is 51.8 Å². The van der Waals surface area contributed by atoms with Crippen LogP contribution in [-0.2, 0) is 6.42 Å². The summed E-state index contributed by atoms with van der Waals surface area (Å²) in [6.07, 6.45) is 0.793. The minimum atomic E-state index is 0.738. The molecule has 1 aromatic heterocycles. The summed E-state index contributed by atoms with van der Waals surface area (Å²) in [4.78, 5) is 8.08. The summed E-state index contributed by atoms with van der Waals surface area (Å²) in [5, 5.41) is 0.738. The molecule has 0 aliphatic carbocycles. The summed E-state index contributed by atoms with van der Waals surface area (Å²) in [6, 6.07) is 16.1. The zero-order valence-electron chi connectivity index (χ0n) is 11.5. The van der Waals surface area contributed by atoms with Crippen LogP contribution in [0.5, 0.6) is 0 Å². The Morgan fingerprint density at radius 2 is 1.71 bits per heavy atom. The van der Waals surface area contributed by atoms with Gasteiger partial charge in [0.05, 0.1) is 5.69 Å². The fourth-order valence-corrected chi connectivity index (χ4v) is 2.68. The van der Waals surface area contributed by atoms with E-state index in [0.29, 0.717) is 0 Å². The Balaban J connectivity index is 1.87. The van der Waals surface area contributed by atoms with Crippen molar-refractivity contribution in [3.8, 4) is 11.3 Å². The maximum atomic E-state index is 5.93. The van der Waals surface area contributed by atoms with Crippen LogP contribution < -0.4 is 0 Å². The van der Waals surface area contributed by atoms with Crippen LogP contribution in [0.3, 0.4) is 0 Å². The van der Waals surface area contributed by atoms with Crippen molar-refractivity contribution in [3.63, 3.8) is 0 Å². The van der Waals surface area contributed by atoms with Crippen LogP contribution in [-0.4, -0.2) is 9.97 Å². The lowest BCUT2D eigenvalue weighted by Gasteiger charge is -1.99. The lowest BCUT2D eigenvalue weighted by atomic mass is 10.1. The first-order valence-electron chi connectivity index (χ1n) is 6.68. The zero-order chi connectivity index (χ0) is 14.8. The third kappa shape index (κ3) is 3.36. The van der Waals surface area contributed by atoms with Crippen LogP contribution in [0.25, 0.3) is 11.3 Å². The molecular formula is C17H14BrClN2.